The second kappa shape index (κ2) is 4.91. The van der Waals surface area contributed by atoms with E-state index in [0.29, 0.717) is 12.4 Å². The summed E-state index contributed by atoms with van der Waals surface area (Å²) < 4.78 is 5.07. The van der Waals surface area contributed by atoms with Gasteiger partial charge in [-0.3, -0.25) is 0 Å². The SMILES string of the molecule is Cc1cccc(C)c1NCc1ncc(C(=O)O)o1. The molecule has 0 spiro atoms. The van der Waals surface area contributed by atoms with Gasteiger partial charge in [0.05, 0.1) is 12.7 Å². The summed E-state index contributed by atoms with van der Waals surface area (Å²) in [7, 11) is 0. The van der Waals surface area contributed by atoms with Crippen molar-refractivity contribution < 1.29 is 14.3 Å². The van der Waals surface area contributed by atoms with Crippen molar-refractivity contribution in [2.45, 2.75) is 20.4 Å². The van der Waals surface area contributed by atoms with E-state index >= 15 is 0 Å². The summed E-state index contributed by atoms with van der Waals surface area (Å²) in [6.07, 6.45) is 1.21. The number of carbonyl (C=O) groups is 1. The molecule has 0 saturated heterocycles. The fourth-order valence-corrected chi connectivity index (χ4v) is 1.75. The lowest BCUT2D eigenvalue weighted by Gasteiger charge is -2.10. The van der Waals surface area contributed by atoms with Gasteiger partial charge in [0, 0.05) is 5.69 Å². The number of oxazole rings is 1. The van der Waals surface area contributed by atoms with Gasteiger partial charge in [-0.05, 0) is 25.0 Å². The predicted octanol–water partition coefficient (Wildman–Crippen LogP) is 2.60. The average Bonchev–Trinajstić information content (AvgIpc) is 2.77. The molecule has 0 fully saturated rings. The van der Waals surface area contributed by atoms with Gasteiger partial charge in [-0.1, -0.05) is 18.2 Å². The Labute approximate surface area is 104 Å². The Morgan fingerprint density at radius 2 is 2.06 bits per heavy atom. The maximum Gasteiger partial charge on any atom is 0.373 e. The number of anilines is 1. The number of carboxylic acids is 1. The molecule has 5 nitrogen and oxygen atoms in total. The fraction of sp³-hybridized carbons (Fsp3) is 0.231. The van der Waals surface area contributed by atoms with Crippen molar-refractivity contribution in [2.75, 3.05) is 5.32 Å². The molecule has 0 bridgehead atoms. The van der Waals surface area contributed by atoms with Crippen molar-refractivity contribution in [1.29, 1.82) is 0 Å². The van der Waals surface area contributed by atoms with Gasteiger partial charge in [0.1, 0.15) is 0 Å². The summed E-state index contributed by atoms with van der Waals surface area (Å²) in [5.74, 6) is -0.899. The molecule has 0 radical (unpaired) electrons. The molecular weight excluding hydrogens is 232 g/mol. The van der Waals surface area contributed by atoms with Gasteiger partial charge in [-0.25, -0.2) is 9.78 Å². The van der Waals surface area contributed by atoms with Gasteiger partial charge in [0.15, 0.2) is 0 Å². The van der Waals surface area contributed by atoms with Crippen molar-refractivity contribution in [3.8, 4) is 0 Å². The van der Waals surface area contributed by atoms with Crippen LogP contribution >= 0.6 is 0 Å². The third-order valence-corrected chi connectivity index (χ3v) is 2.66. The van der Waals surface area contributed by atoms with Crippen LogP contribution in [-0.4, -0.2) is 16.1 Å². The first-order valence-corrected chi connectivity index (χ1v) is 5.56. The van der Waals surface area contributed by atoms with Crippen LogP contribution < -0.4 is 5.32 Å². The number of aromatic carboxylic acids is 1. The van der Waals surface area contributed by atoms with E-state index in [2.05, 4.69) is 10.3 Å². The predicted molar refractivity (Wildman–Crippen MR) is 66.7 cm³/mol. The first-order chi connectivity index (χ1) is 8.58. The molecule has 94 valence electrons. The molecule has 2 N–H and O–H groups in total. The number of para-hydroxylation sites is 1. The molecule has 0 unspecified atom stereocenters. The zero-order valence-corrected chi connectivity index (χ0v) is 10.2. The van der Waals surface area contributed by atoms with Crippen LogP contribution in [0.3, 0.4) is 0 Å². The summed E-state index contributed by atoms with van der Waals surface area (Å²) in [6.45, 7) is 4.38. The third kappa shape index (κ3) is 2.51. The molecule has 18 heavy (non-hydrogen) atoms. The zero-order valence-electron chi connectivity index (χ0n) is 10.2. The van der Waals surface area contributed by atoms with Crippen LogP contribution in [0.1, 0.15) is 27.6 Å². The Kier molecular flexibility index (Phi) is 3.32. The first kappa shape index (κ1) is 12.2. The highest BCUT2D eigenvalue weighted by molar-refractivity contribution is 5.83. The zero-order chi connectivity index (χ0) is 13.1. The van der Waals surface area contributed by atoms with E-state index in [1.807, 2.05) is 32.0 Å². The van der Waals surface area contributed by atoms with Crippen LogP contribution in [0.4, 0.5) is 5.69 Å². The topological polar surface area (TPSA) is 75.4 Å². The maximum absolute atomic E-state index is 10.6. The number of hydrogen-bond acceptors (Lipinski definition) is 4. The molecule has 1 aromatic carbocycles. The van der Waals surface area contributed by atoms with E-state index in [-0.39, 0.29) is 5.76 Å². The minimum absolute atomic E-state index is 0.145. The van der Waals surface area contributed by atoms with Crippen LogP contribution in [0.15, 0.2) is 28.8 Å². The lowest BCUT2D eigenvalue weighted by molar-refractivity contribution is 0.0660. The molecule has 0 saturated carbocycles. The van der Waals surface area contributed by atoms with E-state index < -0.39 is 5.97 Å². The number of benzene rings is 1. The Morgan fingerprint density at radius 1 is 1.39 bits per heavy atom. The number of aryl methyl sites for hydroxylation is 2. The molecule has 2 aromatic rings. The third-order valence-electron chi connectivity index (χ3n) is 2.66. The Bertz CT molecular complexity index is 555. The average molecular weight is 246 g/mol. The molecule has 0 amide bonds. The highest BCUT2D eigenvalue weighted by Gasteiger charge is 2.10. The highest BCUT2D eigenvalue weighted by Crippen LogP contribution is 2.20. The van der Waals surface area contributed by atoms with Gasteiger partial charge in [-0.15, -0.1) is 0 Å². The van der Waals surface area contributed by atoms with Crippen LogP contribution in [0.5, 0.6) is 0 Å². The summed E-state index contributed by atoms with van der Waals surface area (Å²) in [4.78, 5) is 14.5. The van der Waals surface area contributed by atoms with Crippen LogP contribution in [-0.2, 0) is 6.54 Å². The Morgan fingerprint density at radius 3 is 2.61 bits per heavy atom. The molecule has 0 aliphatic rings. The molecule has 0 aliphatic carbocycles. The number of aromatic nitrogens is 1. The van der Waals surface area contributed by atoms with Gasteiger partial charge in [0.2, 0.25) is 11.7 Å². The van der Waals surface area contributed by atoms with E-state index in [1.54, 1.807) is 0 Å². The van der Waals surface area contributed by atoms with Crippen molar-refractivity contribution >= 4 is 11.7 Å². The van der Waals surface area contributed by atoms with E-state index in [0.717, 1.165) is 16.8 Å². The lowest BCUT2D eigenvalue weighted by Crippen LogP contribution is -2.03. The second-order valence-corrected chi connectivity index (χ2v) is 4.04. The van der Waals surface area contributed by atoms with Crippen molar-refractivity contribution in [3.05, 3.63) is 47.2 Å². The molecule has 1 heterocycles. The number of carboxylic acid groups (broad SMARTS) is 1. The van der Waals surface area contributed by atoms with Crippen LogP contribution in [0.25, 0.3) is 0 Å². The number of nitrogens with zero attached hydrogens (tertiary/aromatic N) is 1. The van der Waals surface area contributed by atoms with Gasteiger partial charge in [-0.2, -0.15) is 0 Å². The van der Waals surface area contributed by atoms with Gasteiger partial charge in [0.25, 0.3) is 0 Å². The largest absolute Gasteiger partial charge is 0.475 e. The fourth-order valence-electron chi connectivity index (χ4n) is 1.75. The highest BCUT2D eigenvalue weighted by atomic mass is 16.4. The molecule has 0 aliphatic heterocycles. The van der Waals surface area contributed by atoms with Crippen LogP contribution in [0, 0.1) is 13.8 Å². The molecule has 2 rings (SSSR count). The number of rotatable bonds is 4. The van der Waals surface area contributed by atoms with Crippen molar-refractivity contribution in [3.63, 3.8) is 0 Å². The molecular formula is C13H14N2O3. The number of hydrogen-bond donors (Lipinski definition) is 2. The van der Waals surface area contributed by atoms with Crippen molar-refractivity contribution in [2.24, 2.45) is 0 Å². The minimum atomic E-state index is -1.11. The molecule has 1 aromatic heterocycles. The quantitative estimate of drug-likeness (QED) is 0.867. The minimum Gasteiger partial charge on any atom is -0.475 e. The summed E-state index contributed by atoms with van der Waals surface area (Å²) >= 11 is 0. The van der Waals surface area contributed by atoms with Gasteiger partial charge < -0.3 is 14.8 Å². The Hall–Kier alpha value is -2.30. The smallest absolute Gasteiger partial charge is 0.373 e. The summed E-state index contributed by atoms with van der Waals surface area (Å²) in [5, 5.41) is 11.9. The molecule has 5 heteroatoms. The Balaban J connectivity index is 2.09. The standard InChI is InChI=1S/C13H14N2O3/c1-8-4-3-5-9(2)12(8)15-7-11-14-6-10(18-11)13(16)17/h3-6,15H,7H2,1-2H3,(H,16,17). The van der Waals surface area contributed by atoms with Crippen LogP contribution in [0.2, 0.25) is 0 Å². The first-order valence-electron chi connectivity index (χ1n) is 5.56. The van der Waals surface area contributed by atoms with E-state index in [4.69, 9.17) is 9.52 Å². The molecule has 0 atom stereocenters. The number of nitrogens with one attached hydrogen (secondary N) is 1. The normalized spacial score (nSPS) is 10.3. The summed E-state index contributed by atoms with van der Waals surface area (Å²) in [6, 6.07) is 6.00. The van der Waals surface area contributed by atoms with Crippen molar-refractivity contribution in [1.82, 2.24) is 4.98 Å². The summed E-state index contributed by atoms with van der Waals surface area (Å²) in [5.41, 5.74) is 3.27. The second-order valence-electron chi connectivity index (χ2n) is 4.04. The van der Waals surface area contributed by atoms with Gasteiger partial charge >= 0.3 is 5.97 Å². The maximum atomic E-state index is 10.6. The monoisotopic (exact) mass is 246 g/mol. The van der Waals surface area contributed by atoms with E-state index in [9.17, 15) is 4.79 Å². The van der Waals surface area contributed by atoms with E-state index in [1.165, 1.54) is 6.20 Å². The lowest BCUT2D eigenvalue weighted by atomic mass is 10.1.